The normalized spacial score (nSPS) is 10.2. The van der Waals surface area contributed by atoms with Crippen LogP contribution in [0.3, 0.4) is 0 Å². The molecule has 0 aromatic heterocycles. The summed E-state index contributed by atoms with van der Waals surface area (Å²) in [5, 5.41) is 6.18. The number of carbonyl (C=O) groups is 1. The molecule has 0 aliphatic carbocycles. The van der Waals surface area contributed by atoms with Crippen LogP contribution in [0.25, 0.3) is 0 Å². The summed E-state index contributed by atoms with van der Waals surface area (Å²) in [4.78, 5) is 12.1. The van der Waals surface area contributed by atoms with Gasteiger partial charge in [0.15, 0.2) is 6.61 Å². The van der Waals surface area contributed by atoms with E-state index < -0.39 is 0 Å². The zero-order valence-electron chi connectivity index (χ0n) is 15.0. The zero-order valence-corrected chi connectivity index (χ0v) is 15.0. The number of ether oxygens (including phenoxy) is 1. The van der Waals surface area contributed by atoms with Crippen molar-refractivity contribution in [1.82, 2.24) is 0 Å². The van der Waals surface area contributed by atoms with E-state index in [0.717, 1.165) is 22.6 Å². The summed E-state index contributed by atoms with van der Waals surface area (Å²) in [6, 6.07) is 23.4. The first-order chi connectivity index (χ1) is 12.6. The molecule has 4 nitrogen and oxygen atoms in total. The second kappa shape index (κ2) is 8.21. The number of hydrogen-bond donors (Lipinski definition) is 2. The van der Waals surface area contributed by atoms with Crippen molar-refractivity contribution in [3.05, 3.63) is 83.9 Å². The second-order valence-corrected chi connectivity index (χ2v) is 6.17. The van der Waals surface area contributed by atoms with Crippen LogP contribution >= 0.6 is 0 Å². The molecule has 3 aromatic rings. The lowest BCUT2D eigenvalue weighted by Crippen LogP contribution is -2.20. The first-order valence-corrected chi connectivity index (χ1v) is 8.52. The van der Waals surface area contributed by atoms with Crippen molar-refractivity contribution in [2.24, 2.45) is 0 Å². The van der Waals surface area contributed by atoms with Gasteiger partial charge in [0.05, 0.1) is 0 Å². The average Bonchev–Trinajstić information content (AvgIpc) is 2.64. The van der Waals surface area contributed by atoms with Gasteiger partial charge in [0.1, 0.15) is 5.75 Å². The standard InChI is InChI=1S/C22H22N2O2/c1-16-8-13-21(17(2)14-16)24-22(25)15-26-20-11-9-19(10-12-20)23-18-6-4-3-5-7-18/h3-14,23H,15H2,1-2H3,(H,24,25). The Bertz CT molecular complexity index is 874. The molecule has 0 radical (unpaired) electrons. The zero-order chi connectivity index (χ0) is 18.4. The molecule has 0 spiro atoms. The highest BCUT2D eigenvalue weighted by Gasteiger charge is 2.06. The predicted octanol–water partition coefficient (Wildman–Crippen LogP) is 5.06. The van der Waals surface area contributed by atoms with Crippen LogP contribution in [0, 0.1) is 13.8 Å². The molecule has 0 saturated carbocycles. The fourth-order valence-corrected chi connectivity index (χ4v) is 2.61. The fourth-order valence-electron chi connectivity index (χ4n) is 2.61. The van der Waals surface area contributed by atoms with E-state index in [4.69, 9.17) is 4.74 Å². The smallest absolute Gasteiger partial charge is 0.262 e. The van der Waals surface area contributed by atoms with Gasteiger partial charge in [-0.15, -0.1) is 0 Å². The summed E-state index contributed by atoms with van der Waals surface area (Å²) < 4.78 is 5.57. The molecule has 0 unspecified atom stereocenters. The lowest BCUT2D eigenvalue weighted by Gasteiger charge is -2.11. The molecule has 0 atom stereocenters. The molecule has 3 rings (SSSR count). The highest BCUT2D eigenvalue weighted by Crippen LogP contribution is 2.20. The number of amides is 1. The largest absolute Gasteiger partial charge is 0.484 e. The van der Waals surface area contributed by atoms with E-state index >= 15 is 0 Å². The summed E-state index contributed by atoms with van der Waals surface area (Å²) in [5.41, 5.74) is 5.00. The fraction of sp³-hybridized carbons (Fsp3) is 0.136. The van der Waals surface area contributed by atoms with Gasteiger partial charge in [-0.25, -0.2) is 0 Å². The Balaban J connectivity index is 1.52. The van der Waals surface area contributed by atoms with Crippen LogP contribution in [0.2, 0.25) is 0 Å². The highest BCUT2D eigenvalue weighted by molar-refractivity contribution is 5.92. The van der Waals surface area contributed by atoms with E-state index in [1.54, 1.807) is 0 Å². The van der Waals surface area contributed by atoms with E-state index in [-0.39, 0.29) is 12.5 Å². The number of nitrogens with one attached hydrogen (secondary N) is 2. The topological polar surface area (TPSA) is 50.4 Å². The first-order valence-electron chi connectivity index (χ1n) is 8.52. The molecule has 0 aliphatic rings. The monoisotopic (exact) mass is 346 g/mol. The minimum Gasteiger partial charge on any atom is -0.484 e. The molecule has 132 valence electrons. The number of para-hydroxylation sites is 1. The molecule has 4 heteroatoms. The Kier molecular flexibility index (Phi) is 5.54. The van der Waals surface area contributed by atoms with Crippen LogP contribution in [0.15, 0.2) is 72.8 Å². The molecule has 1 amide bonds. The third-order valence-corrected chi connectivity index (χ3v) is 3.94. The van der Waals surface area contributed by atoms with Gasteiger partial charge in [-0.2, -0.15) is 0 Å². The van der Waals surface area contributed by atoms with Crippen LogP contribution in [0.5, 0.6) is 5.75 Å². The Hall–Kier alpha value is -3.27. The van der Waals surface area contributed by atoms with E-state index in [1.165, 1.54) is 5.56 Å². The van der Waals surface area contributed by atoms with Gasteiger partial charge in [-0.1, -0.05) is 35.9 Å². The Morgan fingerprint density at radius 2 is 1.58 bits per heavy atom. The van der Waals surface area contributed by atoms with Crippen LogP contribution in [-0.2, 0) is 4.79 Å². The summed E-state index contributed by atoms with van der Waals surface area (Å²) in [5.74, 6) is 0.475. The molecule has 2 N–H and O–H groups in total. The van der Waals surface area contributed by atoms with Crippen LogP contribution in [0.1, 0.15) is 11.1 Å². The van der Waals surface area contributed by atoms with Crippen molar-refractivity contribution in [3.63, 3.8) is 0 Å². The quantitative estimate of drug-likeness (QED) is 0.655. The summed E-state index contributed by atoms with van der Waals surface area (Å²) >= 11 is 0. The minimum atomic E-state index is -0.177. The maximum absolute atomic E-state index is 12.1. The van der Waals surface area contributed by atoms with Gasteiger partial charge in [-0.05, 0) is 61.9 Å². The summed E-state index contributed by atoms with van der Waals surface area (Å²) in [6.45, 7) is 3.97. The third kappa shape index (κ3) is 4.86. The molecule has 0 saturated heterocycles. The number of aryl methyl sites for hydroxylation is 2. The van der Waals surface area contributed by atoms with Crippen LogP contribution in [0.4, 0.5) is 17.1 Å². The van der Waals surface area contributed by atoms with Crippen molar-refractivity contribution in [1.29, 1.82) is 0 Å². The lowest BCUT2D eigenvalue weighted by atomic mass is 10.1. The number of carbonyl (C=O) groups excluding carboxylic acids is 1. The van der Waals surface area contributed by atoms with Crippen molar-refractivity contribution < 1.29 is 9.53 Å². The van der Waals surface area contributed by atoms with Crippen molar-refractivity contribution in [2.75, 3.05) is 17.2 Å². The highest BCUT2D eigenvalue weighted by atomic mass is 16.5. The number of anilines is 3. The Morgan fingerprint density at radius 1 is 0.885 bits per heavy atom. The van der Waals surface area contributed by atoms with Crippen LogP contribution in [-0.4, -0.2) is 12.5 Å². The van der Waals surface area contributed by atoms with Crippen molar-refractivity contribution >= 4 is 23.0 Å². The number of rotatable bonds is 6. The maximum atomic E-state index is 12.1. The van der Waals surface area contributed by atoms with Crippen molar-refractivity contribution in [2.45, 2.75) is 13.8 Å². The van der Waals surface area contributed by atoms with Gasteiger partial charge in [0, 0.05) is 17.1 Å². The van der Waals surface area contributed by atoms with E-state index in [9.17, 15) is 4.79 Å². The number of benzene rings is 3. The van der Waals surface area contributed by atoms with Gasteiger partial charge in [0.2, 0.25) is 0 Å². The van der Waals surface area contributed by atoms with E-state index in [2.05, 4.69) is 10.6 Å². The number of hydrogen-bond acceptors (Lipinski definition) is 3. The van der Waals surface area contributed by atoms with E-state index in [0.29, 0.717) is 5.75 Å². The molecule has 0 heterocycles. The maximum Gasteiger partial charge on any atom is 0.262 e. The molecular weight excluding hydrogens is 324 g/mol. The third-order valence-electron chi connectivity index (χ3n) is 3.94. The van der Waals surface area contributed by atoms with Gasteiger partial charge in [-0.3, -0.25) is 4.79 Å². The molecule has 0 bridgehead atoms. The molecule has 0 fully saturated rings. The molecular formula is C22H22N2O2. The Labute approximate surface area is 153 Å². The molecule has 26 heavy (non-hydrogen) atoms. The van der Waals surface area contributed by atoms with E-state index in [1.807, 2.05) is 86.6 Å². The predicted molar refractivity (Wildman–Crippen MR) is 106 cm³/mol. The summed E-state index contributed by atoms with van der Waals surface area (Å²) in [7, 11) is 0. The first kappa shape index (κ1) is 17.5. The van der Waals surface area contributed by atoms with Crippen molar-refractivity contribution in [3.8, 4) is 5.75 Å². The minimum absolute atomic E-state index is 0.0290. The molecule has 0 aliphatic heterocycles. The SMILES string of the molecule is Cc1ccc(NC(=O)COc2ccc(Nc3ccccc3)cc2)c(C)c1. The second-order valence-electron chi connectivity index (χ2n) is 6.17. The van der Waals surface area contributed by atoms with Gasteiger partial charge < -0.3 is 15.4 Å². The van der Waals surface area contributed by atoms with Gasteiger partial charge >= 0.3 is 0 Å². The van der Waals surface area contributed by atoms with Gasteiger partial charge in [0.25, 0.3) is 5.91 Å². The average molecular weight is 346 g/mol. The Morgan fingerprint density at radius 3 is 2.27 bits per heavy atom. The van der Waals surface area contributed by atoms with Crippen LogP contribution < -0.4 is 15.4 Å². The summed E-state index contributed by atoms with van der Waals surface area (Å²) in [6.07, 6.45) is 0. The lowest BCUT2D eigenvalue weighted by molar-refractivity contribution is -0.118. The molecule has 3 aromatic carbocycles.